The van der Waals surface area contributed by atoms with E-state index in [2.05, 4.69) is 40.5 Å². The van der Waals surface area contributed by atoms with Gasteiger partial charge in [-0.15, -0.1) is 0 Å². The van der Waals surface area contributed by atoms with E-state index in [1.165, 1.54) is 18.0 Å². The van der Waals surface area contributed by atoms with Crippen molar-refractivity contribution in [2.75, 3.05) is 12.4 Å². The summed E-state index contributed by atoms with van der Waals surface area (Å²) in [7, 11) is 1.61. The first-order chi connectivity index (χ1) is 13.6. The Morgan fingerprint density at radius 2 is 1.71 bits per heavy atom. The number of para-hydroxylation sites is 2. The van der Waals surface area contributed by atoms with Crippen LogP contribution in [-0.4, -0.2) is 23.0 Å². The number of rotatable bonds is 7. The van der Waals surface area contributed by atoms with E-state index in [4.69, 9.17) is 4.74 Å². The van der Waals surface area contributed by atoms with Crippen molar-refractivity contribution in [1.82, 2.24) is 15.3 Å². The minimum atomic E-state index is -0.236. The second kappa shape index (κ2) is 8.99. The Hall–Kier alpha value is -3.41. The lowest BCUT2D eigenvalue weighted by Gasteiger charge is -2.13. The van der Waals surface area contributed by atoms with Crippen LogP contribution < -0.4 is 15.4 Å². The molecule has 0 radical (unpaired) electrons. The van der Waals surface area contributed by atoms with E-state index >= 15 is 0 Å². The molecule has 0 aliphatic rings. The quantitative estimate of drug-likeness (QED) is 0.644. The van der Waals surface area contributed by atoms with E-state index in [0.29, 0.717) is 24.0 Å². The molecule has 1 heterocycles. The van der Waals surface area contributed by atoms with E-state index in [1.807, 2.05) is 42.5 Å². The van der Waals surface area contributed by atoms with Crippen LogP contribution in [0.2, 0.25) is 0 Å². The number of aromatic nitrogens is 2. The molecule has 0 fully saturated rings. The summed E-state index contributed by atoms with van der Waals surface area (Å²) in [4.78, 5) is 20.9. The van der Waals surface area contributed by atoms with Gasteiger partial charge in [-0.3, -0.25) is 4.79 Å². The molecule has 0 saturated carbocycles. The zero-order chi connectivity index (χ0) is 19.9. The van der Waals surface area contributed by atoms with Crippen LogP contribution in [0.3, 0.4) is 0 Å². The summed E-state index contributed by atoms with van der Waals surface area (Å²) in [5.74, 6) is 1.33. The topological polar surface area (TPSA) is 76.1 Å². The number of carbonyl (C=O) groups excluding carboxylic acids is 1. The lowest BCUT2D eigenvalue weighted by Crippen LogP contribution is -2.23. The van der Waals surface area contributed by atoms with Crippen molar-refractivity contribution in [3.8, 4) is 5.75 Å². The monoisotopic (exact) mass is 376 g/mol. The standard InChI is InChI=1S/C22H24N4O2/c1-15(2)18-9-5-6-10-19(18)26-22-24-13-17(14-25-22)21(27)23-12-16-8-4-7-11-20(16)28-3/h4-11,13-15H,12H2,1-3H3,(H,23,27)(H,24,25,26). The predicted molar refractivity (Wildman–Crippen MR) is 110 cm³/mol. The van der Waals surface area contributed by atoms with Gasteiger partial charge in [0.15, 0.2) is 0 Å². The molecule has 0 saturated heterocycles. The van der Waals surface area contributed by atoms with Gasteiger partial charge in [-0.1, -0.05) is 50.2 Å². The zero-order valence-electron chi connectivity index (χ0n) is 16.3. The SMILES string of the molecule is COc1ccccc1CNC(=O)c1cnc(Nc2ccccc2C(C)C)nc1. The van der Waals surface area contributed by atoms with Crippen LogP contribution in [0.5, 0.6) is 5.75 Å². The highest BCUT2D eigenvalue weighted by atomic mass is 16.5. The molecule has 0 bridgehead atoms. The normalized spacial score (nSPS) is 10.6. The minimum absolute atomic E-state index is 0.236. The molecule has 0 atom stereocenters. The molecule has 2 aromatic carbocycles. The summed E-state index contributed by atoms with van der Waals surface area (Å²) in [6, 6.07) is 15.6. The van der Waals surface area contributed by atoms with Gasteiger partial charge in [-0.05, 0) is 23.6 Å². The minimum Gasteiger partial charge on any atom is -0.496 e. The van der Waals surface area contributed by atoms with E-state index in [9.17, 15) is 4.79 Å². The van der Waals surface area contributed by atoms with E-state index < -0.39 is 0 Å². The van der Waals surface area contributed by atoms with Gasteiger partial charge in [0.2, 0.25) is 5.95 Å². The third kappa shape index (κ3) is 4.65. The Balaban J connectivity index is 1.65. The van der Waals surface area contributed by atoms with Crippen molar-refractivity contribution in [3.63, 3.8) is 0 Å². The highest BCUT2D eigenvalue weighted by Gasteiger charge is 2.10. The fourth-order valence-corrected chi connectivity index (χ4v) is 2.87. The molecule has 0 unspecified atom stereocenters. The Labute approximate surface area is 165 Å². The van der Waals surface area contributed by atoms with Crippen LogP contribution in [0.25, 0.3) is 0 Å². The number of ether oxygens (including phenoxy) is 1. The Morgan fingerprint density at radius 1 is 1.04 bits per heavy atom. The highest BCUT2D eigenvalue weighted by Crippen LogP contribution is 2.25. The summed E-state index contributed by atoms with van der Waals surface area (Å²) < 4.78 is 5.30. The molecule has 3 rings (SSSR count). The number of anilines is 2. The van der Waals surface area contributed by atoms with Gasteiger partial charge in [-0.25, -0.2) is 9.97 Å². The Kier molecular flexibility index (Phi) is 6.22. The molecular formula is C22H24N4O2. The van der Waals surface area contributed by atoms with Crippen molar-refractivity contribution in [2.24, 2.45) is 0 Å². The Morgan fingerprint density at radius 3 is 2.43 bits per heavy atom. The summed E-state index contributed by atoms with van der Waals surface area (Å²) in [6.45, 7) is 4.64. The average molecular weight is 376 g/mol. The van der Waals surface area contributed by atoms with Crippen molar-refractivity contribution in [3.05, 3.63) is 77.6 Å². The molecule has 1 amide bonds. The molecule has 0 aliphatic carbocycles. The number of hydrogen-bond acceptors (Lipinski definition) is 5. The molecule has 0 aliphatic heterocycles. The Bertz CT molecular complexity index is 939. The molecule has 144 valence electrons. The van der Waals surface area contributed by atoms with E-state index in [1.54, 1.807) is 7.11 Å². The maximum Gasteiger partial charge on any atom is 0.254 e. The van der Waals surface area contributed by atoms with Crippen LogP contribution in [0.4, 0.5) is 11.6 Å². The maximum absolute atomic E-state index is 12.4. The summed E-state index contributed by atoms with van der Waals surface area (Å²) in [5, 5.41) is 6.09. The molecular weight excluding hydrogens is 352 g/mol. The molecule has 6 nitrogen and oxygen atoms in total. The van der Waals surface area contributed by atoms with Gasteiger partial charge >= 0.3 is 0 Å². The van der Waals surface area contributed by atoms with Gasteiger partial charge in [0.25, 0.3) is 5.91 Å². The van der Waals surface area contributed by atoms with Gasteiger partial charge in [0.05, 0.1) is 12.7 Å². The van der Waals surface area contributed by atoms with E-state index in [-0.39, 0.29) is 5.91 Å². The molecule has 6 heteroatoms. The number of amides is 1. The van der Waals surface area contributed by atoms with Crippen LogP contribution in [0.1, 0.15) is 41.3 Å². The number of carbonyl (C=O) groups is 1. The first-order valence-corrected chi connectivity index (χ1v) is 9.16. The first kappa shape index (κ1) is 19.4. The fraction of sp³-hybridized carbons (Fsp3) is 0.227. The molecule has 28 heavy (non-hydrogen) atoms. The van der Waals surface area contributed by atoms with Crippen LogP contribution >= 0.6 is 0 Å². The number of nitrogens with one attached hydrogen (secondary N) is 2. The van der Waals surface area contributed by atoms with Crippen LogP contribution in [-0.2, 0) is 6.54 Å². The largest absolute Gasteiger partial charge is 0.496 e. The highest BCUT2D eigenvalue weighted by molar-refractivity contribution is 5.93. The first-order valence-electron chi connectivity index (χ1n) is 9.16. The summed E-state index contributed by atoms with van der Waals surface area (Å²) >= 11 is 0. The van der Waals surface area contributed by atoms with Gasteiger partial charge in [-0.2, -0.15) is 0 Å². The number of nitrogens with zero attached hydrogens (tertiary/aromatic N) is 2. The number of hydrogen-bond donors (Lipinski definition) is 2. The lowest BCUT2D eigenvalue weighted by molar-refractivity contribution is 0.0950. The fourth-order valence-electron chi connectivity index (χ4n) is 2.87. The second-order valence-electron chi connectivity index (χ2n) is 6.66. The van der Waals surface area contributed by atoms with Crippen molar-refractivity contribution < 1.29 is 9.53 Å². The maximum atomic E-state index is 12.4. The van der Waals surface area contributed by atoms with E-state index in [0.717, 1.165) is 17.0 Å². The van der Waals surface area contributed by atoms with Crippen molar-refractivity contribution >= 4 is 17.5 Å². The summed E-state index contributed by atoms with van der Waals surface area (Å²) in [5.41, 5.74) is 3.45. The zero-order valence-corrected chi connectivity index (χ0v) is 16.3. The third-order valence-corrected chi connectivity index (χ3v) is 4.38. The van der Waals surface area contributed by atoms with Crippen LogP contribution in [0, 0.1) is 0 Å². The van der Waals surface area contributed by atoms with Crippen LogP contribution in [0.15, 0.2) is 60.9 Å². The average Bonchev–Trinajstić information content (AvgIpc) is 2.73. The van der Waals surface area contributed by atoms with Gasteiger partial charge in [0, 0.05) is 30.2 Å². The number of methoxy groups -OCH3 is 1. The molecule has 2 N–H and O–H groups in total. The van der Waals surface area contributed by atoms with Gasteiger partial charge in [0.1, 0.15) is 5.75 Å². The van der Waals surface area contributed by atoms with Crippen molar-refractivity contribution in [1.29, 1.82) is 0 Å². The molecule has 3 aromatic rings. The smallest absolute Gasteiger partial charge is 0.254 e. The third-order valence-electron chi connectivity index (χ3n) is 4.38. The second-order valence-corrected chi connectivity index (χ2v) is 6.66. The molecule has 0 spiro atoms. The lowest BCUT2D eigenvalue weighted by atomic mass is 10.0. The molecule has 1 aromatic heterocycles. The number of benzene rings is 2. The predicted octanol–water partition coefficient (Wildman–Crippen LogP) is 4.28. The summed E-state index contributed by atoms with van der Waals surface area (Å²) in [6.07, 6.45) is 3.04. The van der Waals surface area contributed by atoms with Gasteiger partial charge < -0.3 is 15.4 Å². The van der Waals surface area contributed by atoms with Crippen molar-refractivity contribution in [2.45, 2.75) is 26.3 Å².